The van der Waals surface area contributed by atoms with Gasteiger partial charge in [-0.15, -0.1) is 0 Å². The van der Waals surface area contributed by atoms with E-state index in [9.17, 15) is 5.11 Å². The number of benzene rings is 2. The Bertz CT molecular complexity index is 750. The summed E-state index contributed by atoms with van der Waals surface area (Å²) < 4.78 is 0. The number of aromatic nitrogens is 1. The molecule has 0 aliphatic carbocycles. The van der Waals surface area contributed by atoms with Gasteiger partial charge in [0.1, 0.15) is 6.10 Å². The van der Waals surface area contributed by atoms with E-state index in [2.05, 4.69) is 11.1 Å². The van der Waals surface area contributed by atoms with Crippen LogP contribution in [0.15, 0.2) is 54.7 Å². The maximum atomic E-state index is 10.4. The highest BCUT2D eigenvalue weighted by atomic mass is 16.3. The van der Waals surface area contributed by atoms with Gasteiger partial charge in [-0.2, -0.15) is 5.26 Å². The zero-order valence-electron chi connectivity index (χ0n) is 10.2. The minimum absolute atomic E-state index is 0.594. The van der Waals surface area contributed by atoms with Gasteiger partial charge in [0.05, 0.1) is 11.6 Å². The third-order valence-corrected chi connectivity index (χ3v) is 3.25. The van der Waals surface area contributed by atoms with Crippen LogP contribution in [0.1, 0.15) is 22.8 Å². The Morgan fingerprint density at radius 1 is 1.00 bits per heavy atom. The van der Waals surface area contributed by atoms with Crippen LogP contribution in [0.25, 0.3) is 10.9 Å². The predicted octanol–water partition coefficient (Wildman–Crippen LogP) is 3.12. The molecule has 19 heavy (non-hydrogen) atoms. The van der Waals surface area contributed by atoms with Gasteiger partial charge in [-0.25, -0.2) is 0 Å². The number of rotatable bonds is 2. The number of nitriles is 1. The number of nitrogens with zero attached hydrogens (tertiary/aromatic N) is 1. The van der Waals surface area contributed by atoms with E-state index in [1.807, 2.05) is 30.5 Å². The highest BCUT2D eigenvalue weighted by Gasteiger charge is 2.11. The molecule has 1 unspecified atom stereocenters. The van der Waals surface area contributed by atoms with Gasteiger partial charge in [-0.05, 0) is 46.8 Å². The quantitative estimate of drug-likeness (QED) is 0.732. The molecule has 1 atom stereocenters. The zero-order chi connectivity index (χ0) is 13.2. The van der Waals surface area contributed by atoms with Gasteiger partial charge in [0.25, 0.3) is 0 Å². The molecule has 0 fully saturated rings. The Morgan fingerprint density at radius 3 is 2.47 bits per heavy atom. The van der Waals surface area contributed by atoms with Crippen LogP contribution in [0.5, 0.6) is 0 Å². The molecule has 1 heterocycles. The van der Waals surface area contributed by atoms with Crippen molar-refractivity contribution in [1.82, 2.24) is 4.98 Å². The van der Waals surface area contributed by atoms with Crippen LogP contribution in [-0.2, 0) is 0 Å². The molecule has 2 aromatic carbocycles. The lowest BCUT2D eigenvalue weighted by molar-refractivity contribution is 0.220. The smallest absolute Gasteiger partial charge is 0.104 e. The van der Waals surface area contributed by atoms with E-state index in [4.69, 9.17) is 5.26 Å². The van der Waals surface area contributed by atoms with Crippen molar-refractivity contribution in [2.24, 2.45) is 0 Å². The number of fused-ring (bicyclic) bond motifs is 1. The molecule has 0 saturated heterocycles. The molecule has 0 saturated carbocycles. The van der Waals surface area contributed by atoms with Crippen LogP contribution in [-0.4, -0.2) is 10.1 Å². The monoisotopic (exact) mass is 248 g/mol. The van der Waals surface area contributed by atoms with E-state index >= 15 is 0 Å². The van der Waals surface area contributed by atoms with E-state index in [-0.39, 0.29) is 0 Å². The van der Waals surface area contributed by atoms with Gasteiger partial charge in [0.15, 0.2) is 0 Å². The summed E-state index contributed by atoms with van der Waals surface area (Å²) >= 11 is 0. The average Bonchev–Trinajstić information content (AvgIpc) is 2.94. The average molecular weight is 248 g/mol. The molecular weight excluding hydrogens is 236 g/mol. The van der Waals surface area contributed by atoms with Crippen LogP contribution in [0.3, 0.4) is 0 Å². The van der Waals surface area contributed by atoms with Crippen molar-refractivity contribution >= 4 is 10.9 Å². The molecule has 3 rings (SSSR count). The first-order valence-corrected chi connectivity index (χ1v) is 6.03. The fraction of sp³-hybridized carbons (Fsp3) is 0.0625. The maximum absolute atomic E-state index is 10.4. The number of aliphatic hydroxyl groups excluding tert-OH is 1. The van der Waals surface area contributed by atoms with E-state index in [1.165, 1.54) is 0 Å². The molecule has 92 valence electrons. The summed E-state index contributed by atoms with van der Waals surface area (Å²) in [6, 6.07) is 16.9. The van der Waals surface area contributed by atoms with Gasteiger partial charge in [0.2, 0.25) is 0 Å². The first-order valence-electron chi connectivity index (χ1n) is 6.03. The fourth-order valence-corrected chi connectivity index (χ4v) is 2.17. The lowest BCUT2D eigenvalue weighted by atomic mass is 9.99. The summed E-state index contributed by atoms with van der Waals surface area (Å²) in [7, 11) is 0. The van der Waals surface area contributed by atoms with Crippen LogP contribution in [0.4, 0.5) is 0 Å². The van der Waals surface area contributed by atoms with Gasteiger partial charge in [-0.1, -0.05) is 18.2 Å². The topological polar surface area (TPSA) is 59.8 Å². The summed E-state index contributed by atoms with van der Waals surface area (Å²) in [5.41, 5.74) is 3.28. The molecule has 0 amide bonds. The molecular formula is C16H12N2O. The summed E-state index contributed by atoms with van der Waals surface area (Å²) in [6.45, 7) is 0. The van der Waals surface area contributed by atoms with Crippen molar-refractivity contribution in [3.8, 4) is 6.07 Å². The number of hydrogen-bond acceptors (Lipinski definition) is 2. The molecule has 3 heteroatoms. The van der Waals surface area contributed by atoms with Gasteiger partial charge < -0.3 is 10.1 Å². The number of aromatic amines is 1. The van der Waals surface area contributed by atoms with Crippen molar-refractivity contribution in [2.45, 2.75) is 6.10 Å². The van der Waals surface area contributed by atoms with Crippen molar-refractivity contribution in [1.29, 1.82) is 5.26 Å². The number of aliphatic hydroxyl groups is 1. The Labute approximate surface area is 110 Å². The third-order valence-electron chi connectivity index (χ3n) is 3.25. The summed E-state index contributed by atoms with van der Waals surface area (Å²) in [5, 5.41) is 20.2. The van der Waals surface area contributed by atoms with Crippen LogP contribution < -0.4 is 0 Å². The normalized spacial score (nSPS) is 12.2. The molecule has 3 aromatic rings. The maximum Gasteiger partial charge on any atom is 0.104 e. The predicted molar refractivity (Wildman–Crippen MR) is 73.5 cm³/mol. The third kappa shape index (κ3) is 2.10. The number of hydrogen-bond donors (Lipinski definition) is 2. The first kappa shape index (κ1) is 11.5. The van der Waals surface area contributed by atoms with Crippen LogP contribution in [0, 0.1) is 11.3 Å². The van der Waals surface area contributed by atoms with E-state index in [0.717, 1.165) is 22.0 Å². The Balaban J connectivity index is 1.97. The highest BCUT2D eigenvalue weighted by Crippen LogP contribution is 2.25. The van der Waals surface area contributed by atoms with Crippen LogP contribution in [0.2, 0.25) is 0 Å². The highest BCUT2D eigenvalue weighted by molar-refractivity contribution is 5.80. The second-order valence-corrected chi connectivity index (χ2v) is 4.46. The lowest BCUT2D eigenvalue weighted by Crippen LogP contribution is -1.99. The second kappa shape index (κ2) is 4.60. The Morgan fingerprint density at radius 2 is 1.74 bits per heavy atom. The molecule has 0 spiro atoms. The molecule has 0 aliphatic heterocycles. The lowest BCUT2D eigenvalue weighted by Gasteiger charge is -2.11. The Kier molecular flexibility index (Phi) is 2.79. The zero-order valence-corrected chi connectivity index (χ0v) is 10.2. The van der Waals surface area contributed by atoms with Gasteiger partial charge in [-0.3, -0.25) is 0 Å². The van der Waals surface area contributed by atoms with E-state index in [1.54, 1.807) is 24.3 Å². The standard InChI is InChI=1S/C16H12N2O/c17-10-11-1-3-12(4-2-11)16(19)14-5-6-15-13(9-14)7-8-18-15/h1-9,16,18-19H. The molecule has 0 aliphatic rings. The summed E-state index contributed by atoms with van der Waals surface area (Å²) in [4.78, 5) is 3.12. The second-order valence-electron chi connectivity index (χ2n) is 4.46. The SMILES string of the molecule is N#Cc1ccc(C(O)c2ccc3[nH]ccc3c2)cc1. The number of nitrogens with one attached hydrogen (secondary N) is 1. The van der Waals surface area contributed by atoms with Crippen molar-refractivity contribution in [3.63, 3.8) is 0 Å². The molecule has 2 N–H and O–H groups in total. The first-order chi connectivity index (χ1) is 9.28. The van der Waals surface area contributed by atoms with Gasteiger partial charge >= 0.3 is 0 Å². The van der Waals surface area contributed by atoms with Gasteiger partial charge in [0, 0.05) is 11.7 Å². The van der Waals surface area contributed by atoms with Crippen LogP contribution >= 0.6 is 0 Å². The van der Waals surface area contributed by atoms with E-state index < -0.39 is 6.10 Å². The molecule has 1 aromatic heterocycles. The Hall–Kier alpha value is -2.57. The minimum Gasteiger partial charge on any atom is -0.384 e. The van der Waals surface area contributed by atoms with Crippen molar-refractivity contribution in [2.75, 3.05) is 0 Å². The summed E-state index contributed by atoms with van der Waals surface area (Å²) in [5.74, 6) is 0. The fourth-order valence-electron chi connectivity index (χ4n) is 2.17. The molecule has 0 bridgehead atoms. The van der Waals surface area contributed by atoms with Crippen molar-refractivity contribution < 1.29 is 5.11 Å². The number of H-pyrrole nitrogens is 1. The van der Waals surface area contributed by atoms with Crippen molar-refractivity contribution in [3.05, 3.63) is 71.4 Å². The largest absolute Gasteiger partial charge is 0.384 e. The summed E-state index contributed by atoms with van der Waals surface area (Å²) in [6.07, 6.45) is 1.20. The van der Waals surface area contributed by atoms with E-state index in [0.29, 0.717) is 5.56 Å². The molecule has 0 radical (unpaired) electrons. The molecule has 3 nitrogen and oxygen atoms in total. The minimum atomic E-state index is -0.674.